The molecule has 0 aromatic carbocycles. The summed E-state index contributed by atoms with van der Waals surface area (Å²) in [5.74, 6) is -0.910. The molecule has 5 heteroatoms. The van der Waals surface area contributed by atoms with Crippen molar-refractivity contribution in [3.05, 3.63) is 17.5 Å². The molecule has 1 aromatic heterocycles. The Morgan fingerprint density at radius 3 is 2.21 bits per heavy atom. The van der Waals surface area contributed by atoms with E-state index in [1.54, 1.807) is 7.11 Å². The van der Waals surface area contributed by atoms with E-state index < -0.39 is 5.79 Å². The Bertz CT molecular complexity index is 372. The first-order chi connectivity index (χ1) is 8.56. The molecule has 0 amide bonds. The van der Waals surface area contributed by atoms with Crippen LogP contribution >= 0.6 is 0 Å². The zero-order valence-corrected chi connectivity index (χ0v) is 16.9. The number of ether oxygens (including phenoxy) is 1. The quantitative estimate of drug-likeness (QED) is 0.647. The van der Waals surface area contributed by atoms with E-state index in [4.69, 9.17) is 4.74 Å². The Kier molecular flexibility index (Phi) is 8.55. The number of aromatic nitrogens is 2. The van der Waals surface area contributed by atoms with Crippen LogP contribution in [0.15, 0.2) is 6.20 Å². The summed E-state index contributed by atoms with van der Waals surface area (Å²) in [5.41, 5.74) is 2.46. The monoisotopic (exact) mass is 492 g/mol. The molecule has 2 rings (SSSR count). The Labute approximate surface area is 140 Å². The van der Waals surface area contributed by atoms with Crippen molar-refractivity contribution in [3.63, 3.8) is 0 Å². The summed E-state index contributed by atoms with van der Waals surface area (Å²) in [5, 5.41) is 14.4. The van der Waals surface area contributed by atoms with Crippen LogP contribution in [0.2, 0.25) is 0 Å². The molecule has 1 aromatic rings. The number of rotatable bonds is 2. The normalized spacial score (nSPS) is 26.1. The van der Waals surface area contributed by atoms with Gasteiger partial charge in [-0.15, -0.1) is 0 Å². The largest absolute Gasteiger partial charge is 0.365 e. The van der Waals surface area contributed by atoms with Crippen LogP contribution in [0.4, 0.5) is 0 Å². The molecule has 1 aliphatic rings. The van der Waals surface area contributed by atoms with E-state index in [9.17, 15) is 5.11 Å². The smallest absolute Gasteiger partial charge is 0.165 e. The average Bonchev–Trinajstić information content (AvgIpc) is 2.74. The Morgan fingerprint density at radius 1 is 1.32 bits per heavy atom. The molecule has 1 aliphatic carbocycles. The number of aliphatic hydroxyl groups is 1. The molecule has 4 nitrogen and oxygen atoms in total. The van der Waals surface area contributed by atoms with Crippen molar-refractivity contribution < 1.29 is 41.0 Å². The molecule has 1 heterocycles. The molecule has 1 saturated carbocycles. The zero-order valence-electron chi connectivity index (χ0n) is 12.7. The maximum atomic E-state index is 9.97. The van der Waals surface area contributed by atoms with Crippen molar-refractivity contribution in [3.8, 4) is 0 Å². The summed E-state index contributed by atoms with van der Waals surface area (Å²) >= 11 is 0. The number of methoxy groups -OCH3 is 1. The average molecular weight is 492 g/mol. The van der Waals surface area contributed by atoms with Gasteiger partial charge in [0, 0.05) is 56.8 Å². The minimum atomic E-state index is -0.910. The van der Waals surface area contributed by atoms with Crippen LogP contribution in [-0.4, -0.2) is 27.8 Å². The van der Waals surface area contributed by atoms with Crippen LogP contribution in [0.25, 0.3) is 0 Å². The molecule has 108 valence electrons. The first-order valence-electron chi connectivity index (χ1n) is 6.84. The predicted octanol–water partition coefficient (Wildman–Crippen LogP) is 2.98. The number of hydrogen-bond donors (Lipinski definition) is 1. The van der Waals surface area contributed by atoms with Crippen molar-refractivity contribution in [1.82, 2.24) is 9.78 Å². The molecule has 0 saturated heterocycles. The molecule has 1 fully saturated rings. The van der Waals surface area contributed by atoms with Crippen molar-refractivity contribution in [2.45, 2.75) is 65.2 Å². The fraction of sp³-hybridized carbons (Fsp3) is 0.786. The van der Waals surface area contributed by atoms with Crippen LogP contribution in [0.1, 0.15) is 56.8 Å². The van der Waals surface area contributed by atoms with Crippen LogP contribution in [0.5, 0.6) is 0 Å². The van der Waals surface area contributed by atoms with Crippen LogP contribution in [0, 0.1) is 45.0 Å². The minimum absolute atomic E-state index is 0. The number of hydrogen-bond acceptors (Lipinski definition) is 3. The third-order valence-electron chi connectivity index (χ3n) is 3.75. The summed E-state index contributed by atoms with van der Waals surface area (Å²) in [6, 6.07) is 0.407. The number of aryl methyl sites for hydroxylation is 1. The van der Waals surface area contributed by atoms with Gasteiger partial charge in [0.15, 0.2) is 5.79 Å². The van der Waals surface area contributed by atoms with Gasteiger partial charge in [0.05, 0.1) is 12.2 Å². The second kappa shape index (κ2) is 8.46. The standard InChI is InChI=1S/C12H20N2O2.C2H6.U/c1-9-8-13-14(10(9)2)11-4-6-12(15,16-3)7-5-11;1-2;/h8,11,15H,4-7H2,1-3H3;1-2H3;. The third-order valence-corrected chi connectivity index (χ3v) is 3.75. The number of nitrogens with zero attached hydrogens (tertiary/aromatic N) is 2. The van der Waals surface area contributed by atoms with E-state index in [-0.39, 0.29) is 31.1 Å². The molecule has 0 unspecified atom stereocenters. The summed E-state index contributed by atoms with van der Waals surface area (Å²) < 4.78 is 7.21. The van der Waals surface area contributed by atoms with Crippen LogP contribution in [0.3, 0.4) is 0 Å². The summed E-state index contributed by atoms with van der Waals surface area (Å²) in [7, 11) is 1.57. The van der Waals surface area contributed by atoms with E-state index in [1.165, 1.54) is 11.3 Å². The fourth-order valence-corrected chi connectivity index (χ4v) is 2.38. The molecule has 1 N–H and O–H groups in total. The molecule has 0 radical (unpaired) electrons. The Morgan fingerprint density at radius 2 is 1.84 bits per heavy atom. The zero-order chi connectivity index (χ0) is 13.8. The molecular weight excluding hydrogens is 466 g/mol. The Hall–Kier alpha value is 0.182. The van der Waals surface area contributed by atoms with E-state index in [0.717, 1.165) is 12.8 Å². The first kappa shape index (κ1) is 19.2. The summed E-state index contributed by atoms with van der Waals surface area (Å²) in [6.07, 6.45) is 5.13. The fourth-order valence-electron chi connectivity index (χ4n) is 2.38. The van der Waals surface area contributed by atoms with Crippen molar-refractivity contribution >= 4 is 0 Å². The molecule has 0 spiro atoms. The van der Waals surface area contributed by atoms with E-state index in [1.807, 2.05) is 20.0 Å². The van der Waals surface area contributed by atoms with Gasteiger partial charge in [0.1, 0.15) is 0 Å². The predicted molar refractivity (Wildman–Crippen MR) is 72.5 cm³/mol. The maximum Gasteiger partial charge on any atom is 0.165 e. The molecule has 0 bridgehead atoms. The summed E-state index contributed by atoms with van der Waals surface area (Å²) in [6.45, 7) is 8.17. The van der Waals surface area contributed by atoms with Crippen LogP contribution in [-0.2, 0) is 4.74 Å². The molecule has 0 atom stereocenters. The second-order valence-electron chi connectivity index (χ2n) is 4.74. The molecule has 0 aliphatic heterocycles. The van der Waals surface area contributed by atoms with Gasteiger partial charge in [0.2, 0.25) is 0 Å². The van der Waals surface area contributed by atoms with E-state index in [2.05, 4.69) is 23.6 Å². The third kappa shape index (κ3) is 4.60. The van der Waals surface area contributed by atoms with Gasteiger partial charge in [-0.05, 0) is 32.3 Å². The maximum absolute atomic E-state index is 9.97. The van der Waals surface area contributed by atoms with E-state index >= 15 is 0 Å². The van der Waals surface area contributed by atoms with Gasteiger partial charge >= 0.3 is 0 Å². The van der Waals surface area contributed by atoms with Gasteiger partial charge in [-0.3, -0.25) is 4.68 Å². The van der Waals surface area contributed by atoms with E-state index in [0.29, 0.717) is 18.9 Å². The van der Waals surface area contributed by atoms with Crippen molar-refractivity contribution in [2.75, 3.05) is 7.11 Å². The van der Waals surface area contributed by atoms with Crippen molar-refractivity contribution in [1.29, 1.82) is 0 Å². The first-order valence-corrected chi connectivity index (χ1v) is 6.84. The Balaban J connectivity index is 0.00000103. The van der Waals surface area contributed by atoms with Crippen molar-refractivity contribution in [2.24, 2.45) is 0 Å². The van der Waals surface area contributed by atoms with Gasteiger partial charge in [0.25, 0.3) is 0 Å². The second-order valence-corrected chi connectivity index (χ2v) is 4.74. The van der Waals surface area contributed by atoms with Crippen LogP contribution < -0.4 is 0 Å². The van der Waals surface area contributed by atoms with Gasteiger partial charge < -0.3 is 9.84 Å². The minimum Gasteiger partial charge on any atom is -0.365 e. The topological polar surface area (TPSA) is 47.3 Å². The van der Waals surface area contributed by atoms with Gasteiger partial charge in [-0.1, -0.05) is 13.8 Å². The molecular formula is C14H26N2O2U. The summed E-state index contributed by atoms with van der Waals surface area (Å²) in [4.78, 5) is 0. The van der Waals surface area contributed by atoms with Gasteiger partial charge in [-0.25, -0.2) is 0 Å². The SMILES string of the molecule is CC.COC1(O)CCC(n2ncc(C)c2C)CC1.[U]. The van der Waals surface area contributed by atoms with Gasteiger partial charge in [-0.2, -0.15) is 5.10 Å². The molecule has 19 heavy (non-hydrogen) atoms.